The van der Waals surface area contributed by atoms with E-state index in [1.807, 2.05) is 11.7 Å². The molecule has 2 heterocycles. The average molecular weight is 221 g/mol. The third-order valence-corrected chi connectivity index (χ3v) is 3.74. The van der Waals surface area contributed by atoms with Crippen LogP contribution < -0.4 is 0 Å². The summed E-state index contributed by atoms with van der Waals surface area (Å²) >= 11 is 0. The smallest absolute Gasteiger partial charge is 0.0688 e. The van der Waals surface area contributed by atoms with Crippen molar-refractivity contribution in [1.82, 2.24) is 14.7 Å². The molecule has 1 aromatic rings. The van der Waals surface area contributed by atoms with Crippen molar-refractivity contribution < 1.29 is 0 Å². The van der Waals surface area contributed by atoms with E-state index in [9.17, 15) is 0 Å². The molecule has 0 aromatic carbocycles. The van der Waals surface area contributed by atoms with Gasteiger partial charge in [-0.05, 0) is 44.5 Å². The SMILES string of the molecule is CCc1cn(C)nc1C1CCN(CC)CC1. The van der Waals surface area contributed by atoms with Crippen LogP contribution in [0.15, 0.2) is 6.20 Å². The first-order chi connectivity index (χ1) is 7.74. The molecule has 1 aliphatic heterocycles. The molecule has 0 atom stereocenters. The zero-order valence-corrected chi connectivity index (χ0v) is 10.7. The van der Waals surface area contributed by atoms with Gasteiger partial charge in [0.15, 0.2) is 0 Å². The molecule has 0 N–H and O–H groups in total. The highest BCUT2D eigenvalue weighted by atomic mass is 15.3. The largest absolute Gasteiger partial charge is 0.304 e. The number of hydrogen-bond donors (Lipinski definition) is 0. The second-order valence-corrected chi connectivity index (χ2v) is 4.78. The molecule has 0 amide bonds. The van der Waals surface area contributed by atoms with Crippen molar-refractivity contribution in [3.8, 4) is 0 Å². The van der Waals surface area contributed by atoms with E-state index in [-0.39, 0.29) is 0 Å². The van der Waals surface area contributed by atoms with Gasteiger partial charge in [-0.2, -0.15) is 5.10 Å². The van der Waals surface area contributed by atoms with Crippen LogP contribution in [0, 0.1) is 0 Å². The van der Waals surface area contributed by atoms with E-state index in [1.54, 1.807) is 0 Å². The van der Waals surface area contributed by atoms with Crippen molar-refractivity contribution in [3.05, 3.63) is 17.5 Å². The monoisotopic (exact) mass is 221 g/mol. The van der Waals surface area contributed by atoms with Crippen LogP contribution in [0.2, 0.25) is 0 Å². The minimum atomic E-state index is 0.693. The maximum atomic E-state index is 4.65. The highest BCUT2D eigenvalue weighted by Crippen LogP contribution is 2.29. The lowest BCUT2D eigenvalue weighted by Gasteiger charge is -2.30. The standard InChI is InChI=1S/C13H23N3/c1-4-11-10-15(3)14-13(11)12-6-8-16(5-2)9-7-12/h10,12H,4-9H2,1-3H3. The number of rotatable bonds is 3. The van der Waals surface area contributed by atoms with Crippen LogP contribution in [-0.2, 0) is 13.5 Å². The summed E-state index contributed by atoms with van der Waals surface area (Å²) < 4.78 is 1.97. The molecule has 3 heteroatoms. The highest BCUT2D eigenvalue weighted by molar-refractivity contribution is 5.21. The molecule has 1 saturated heterocycles. The minimum absolute atomic E-state index is 0.693. The molecule has 1 aromatic heterocycles. The van der Waals surface area contributed by atoms with Crippen molar-refractivity contribution in [2.24, 2.45) is 7.05 Å². The molecule has 0 unspecified atom stereocenters. The van der Waals surface area contributed by atoms with Gasteiger partial charge < -0.3 is 4.90 Å². The van der Waals surface area contributed by atoms with Gasteiger partial charge in [0.1, 0.15) is 0 Å². The summed E-state index contributed by atoms with van der Waals surface area (Å²) in [5, 5.41) is 4.65. The fourth-order valence-corrected chi connectivity index (χ4v) is 2.69. The van der Waals surface area contributed by atoms with Crippen molar-refractivity contribution in [2.75, 3.05) is 19.6 Å². The molecule has 1 fully saturated rings. The molecule has 90 valence electrons. The lowest BCUT2D eigenvalue weighted by molar-refractivity contribution is 0.220. The van der Waals surface area contributed by atoms with E-state index in [0.717, 1.165) is 6.42 Å². The molecule has 0 aliphatic carbocycles. The molecular weight excluding hydrogens is 198 g/mol. The van der Waals surface area contributed by atoms with Crippen LogP contribution in [0.25, 0.3) is 0 Å². The van der Waals surface area contributed by atoms with Gasteiger partial charge in [-0.25, -0.2) is 0 Å². The maximum absolute atomic E-state index is 4.65. The molecular formula is C13H23N3. The molecule has 0 spiro atoms. The van der Waals surface area contributed by atoms with Crippen molar-refractivity contribution in [2.45, 2.75) is 39.0 Å². The summed E-state index contributed by atoms with van der Waals surface area (Å²) in [6.45, 7) is 8.14. The van der Waals surface area contributed by atoms with E-state index in [0.29, 0.717) is 5.92 Å². The predicted molar refractivity (Wildman–Crippen MR) is 66.7 cm³/mol. The van der Waals surface area contributed by atoms with E-state index in [4.69, 9.17) is 0 Å². The molecule has 1 aliphatic rings. The number of aryl methyl sites for hydroxylation is 2. The Morgan fingerprint density at radius 2 is 2.00 bits per heavy atom. The van der Waals surface area contributed by atoms with E-state index >= 15 is 0 Å². The third kappa shape index (κ3) is 2.29. The Kier molecular flexibility index (Phi) is 3.64. The van der Waals surface area contributed by atoms with Crippen LogP contribution in [0.5, 0.6) is 0 Å². The Morgan fingerprint density at radius 1 is 1.31 bits per heavy atom. The van der Waals surface area contributed by atoms with Crippen molar-refractivity contribution >= 4 is 0 Å². The van der Waals surface area contributed by atoms with Crippen LogP contribution in [0.1, 0.15) is 43.9 Å². The first-order valence-electron chi connectivity index (χ1n) is 6.49. The van der Waals surface area contributed by atoms with Gasteiger partial charge in [-0.3, -0.25) is 4.68 Å². The number of nitrogens with zero attached hydrogens (tertiary/aromatic N) is 3. The fourth-order valence-electron chi connectivity index (χ4n) is 2.69. The second-order valence-electron chi connectivity index (χ2n) is 4.78. The van der Waals surface area contributed by atoms with E-state index in [1.165, 1.54) is 43.7 Å². The predicted octanol–water partition coefficient (Wildman–Crippen LogP) is 2.18. The number of likely N-dealkylation sites (tertiary alicyclic amines) is 1. The Morgan fingerprint density at radius 3 is 2.56 bits per heavy atom. The molecule has 2 rings (SSSR count). The Hall–Kier alpha value is -0.830. The van der Waals surface area contributed by atoms with Gasteiger partial charge in [0, 0.05) is 19.2 Å². The quantitative estimate of drug-likeness (QED) is 0.780. The Balaban J connectivity index is 2.07. The van der Waals surface area contributed by atoms with Crippen molar-refractivity contribution in [3.63, 3.8) is 0 Å². The van der Waals surface area contributed by atoms with Crippen LogP contribution >= 0.6 is 0 Å². The van der Waals surface area contributed by atoms with Gasteiger partial charge in [0.25, 0.3) is 0 Å². The second kappa shape index (κ2) is 5.00. The van der Waals surface area contributed by atoms with Crippen LogP contribution in [-0.4, -0.2) is 34.3 Å². The summed E-state index contributed by atoms with van der Waals surface area (Å²) in [7, 11) is 2.03. The summed E-state index contributed by atoms with van der Waals surface area (Å²) in [5.74, 6) is 0.693. The summed E-state index contributed by atoms with van der Waals surface area (Å²) in [5.41, 5.74) is 2.80. The maximum Gasteiger partial charge on any atom is 0.0688 e. The lowest BCUT2D eigenvalue weighted by atomic mass is 9.91. The molecule has 0 saturated carbocycles. The normalized spacial score (nSPS) is 19.2. The molecule has 16 heavy (non-hydrogen) atoms. The van der Waals surface area contributed by atoms with Gasteiger partial charge in [-0.15, -0.1) is 0 Å². The van der Waals surface area contributed by atoms with Gasteiger partial charge >= 0.3 is 0 Å². The average Bonchev–Trinajstić information content (AvgIpc) is 2.70. The zero-order valence-electron chi connectivity index (χ0n) is 10.7. The summed E-state index contributed by atoms with van der Waals surface area (Å²) in [6.07, 6.45) is 5.84. The summed E-state index contributed by atoms with van der Waals surface area (Å²) in [6, 6.07) is 0. The molecule has 0 radical (unpaired) electrons. The minimum Gasteiger partial charge on any atom is -0.304 e. The summed E-state index contributed by atoms with van der Waals surface area (Å²) in [4.78, 5) is 2.53. The molecule has 3 nitrogen and oxygen atoms in total. The lowest BCUT2D eigenvalue weighted by Crippen LogP contribution is -2.32. The topological polar surface area (TPSA) is 21.1 Å². The Labute approximate surface area is 98.4 Å². The molecule has 0 bridgehead atoms. The van der Waals surface area contributed by atoms with Crippen LogP contribution in [0.4, 0.5) is 0 Å². The zero-order chi connectivity index (χ0) is 11.5. The fraction of sp³-hybridized carbons (Fsp3) is 0.769. The van der Waals surface area contributed by atoms with Gasteiger partial charge in [-0.1, -0.05) is 13.8 Å². The number of piperidine rings is 1. The first-order valence-corrected chi connectivity index (χ1v) is 6.49. The third-order valence-electron chi connectivity index (χ3n) is 3.74. The van der Waals surface area contributed by atoms with Gasteiger partial charge in [0.05, 0.1) is 5.69 Å². The van der Waals surface area contributed by atoms with E-state index in [2.05, 4.69) is 30.0 Å². The first kappa shape index (κ1) is 11.6. The van der Waals surface area contributed by atoms with Crippen LogP contribution in [0.3, 0.4) is 0 Å². The number of hydrogen-bond acceptors (Lipinski definition) is 2. The Bertz CT molecular complexity index is 335. The van der Waals surface area contributed by atoms with Gasteiger partial charge in [0.2, 0.25) is 0 Å². The van der Waals surface area contributed by atoms with Crippen molar-refractivity contribution in [1.29, 1.82) is 0 Å². The number of aromatic nitrogens is 2. The van der Waals surface area contributed by atoms with E-state index < -0.39 is 0 Å². The highest BCUT2D eigenvalue weighted by Gasteiger charge is 2.23.